The molecule has 0 bridgehead atoms. The van der Waals surface area contributed by atoms with Crippen molar-refractivity contribution in [3.05, 3.63) is 28.8 Å². The summed E-state index contributed by atoms with van der Waals surface area (Å²) in [6, 6.07) is 4.91. The normalized spacial score (nSPS) is 24.1. The molecule has 0 saturated heterocycles. The predicted octanol–water partition coefficient (Wildman–Crippen LogP) is 3.31. The van der Waals surface area contributed by atoms with E-state index in [-0.39, 0.29) is 11.9 Å². The lowest BCUT2D eigenvalue weighted by Gasteiger charge is -2.14. The number of amides is 2. The number of carboxylic acids is 1. The topological polar surface area (TPSA) is 95.5 Å². The van der Waals surface area contributed by atoms with Crippen LogP contribution in [0.2, 0.25) is 5.02 Å². The molecule has 2 aliphatic rings. The van der Waals surface area contributed by atoms with Crippen LogP contribution in [0.1, 0.15) is 49.9 Å². The first kappa shape index (κ1) is 18.7. The molecule has 1 aromatic rings. The molecule has 0 aromatic heterocycles. The fourth-order valence-corrected chi connectivity index (χ4v) is 4.06. The first-order valence-electron chi connectivity index (χ1n) is 8.86. The van der Waals surface area contributed by atoms with Crippen LogP contribution in [0, 0.1) is 17.3 Å². The van der Waals surface area contributed by atoms with Crippen molar-refractivity contribution in [1.29, 1.82) is 0 Å². The molecular formula is C19H23ClN2O4. The van der Waals surface area contributed by atoms with Gasteiger partial charge in [-0.3, -0.25) is 14.4 Å². The van der Waals surface area contributed by atoms with E-state index >= 15 is 0 Å². The van der Waals surface area contributed by atoms with Gasteiger partial charge in [0.2, 0.25) is 5.91 Å². The monoisotopic (exact) mass is 378 g/mol. The Morgan fingerprint density at radius 2 is 1.81 bits per heavy atom. The standard InChI is InChI=1S/C19H23ClN2O4/c1-19(2)14(15(19)18(25)26)17(24)22-13-9-10(7-8-12(13)20)16(23)21-11-5-3-4-6-11/h7-9,11,14-15H,3-6H2,1-2H3,(H,21,23)(H,22,24)(H,25,26)/t14-,15-/m0/s1. The minimum absolute atomic E-state index is 0.194. The van der Waals surface area contributed by atoms with Crippen molar-refractivity contribution in [2.24, 2.45) is 17.3 Å². The van der Waals surface area contributed by atoms with E-state index in [2.05, 4.69) is 10.6 Å². The zero-order chi connectivity index (χ0) is 19.1. The molecule has 1 aromatic carbocycles. The highest BCUT2D eigenvalue weighted by molar-refractivity contribution is 6.34. The van der Waals surface area contributed by atoms with E-state index < -0.39 is 29.1 Å². The van der Waals surface area contributed by atoms with E-state index in [1.807, 2.05) is 0 Å². The van der Waals surface area contributed by atoms with Crippen LogP contribution in [0.25, 0.3) is 0 Å². The number of carbonyl (C=O) groups excluding carboxylic acids is 2. The van der Waals surface area contributed by atoms with Gasteiger partial charge in [-0.15, -0.1) is 0 Å². The Morgan fingerprint density at radius 3 is 2.38 bits per heavy atom. The van der Waals surface area contributed by atoms with E-state index in [0.717, 1.165) is 25.7 Å². The van der Waals surface area contributed by atoms with Gasteiger partial charge in [0, 0.05) is 11.6 Å². The Balaban J connectivity index is 1.71. The lowest BCUT2D eigenvalue weighted by atomic mass is 10.1. The van der Waals surface area contributed by atoms with E-state index in [9.17, 15) is 19.5 Å². The van der Waals surface area contributed by atoms with Gasteiger partial charge in [0.15, 0.2) is 0 Å². The first-order valence-corrected chi connectivity index (χ1v) is 9.23. The summed E-state index contributed by atoms with van der Waals surface area (Å²) in [4.78, 5) is 36.1. The zero-order valence-corrected chi connectivity index (χ0v) is 15.6. The second-order valence-electron chi connectivity index (χ2n) is 7.75. The largest absolute Gasteiger partial charge is 0.481 e. The average molecular weight is 379 g/mol. The van der Waals surface area contributed by atoms with Crippen LogP contribution in [0.15, 0.2) is 18.2 Å². The van der Waals surface area contributed by atoms with Crippen LogP contribution in [0.4, 0.5) is 5.69 Å². The Morgan fingerprint density at radius 1 is 1.15 bits per heavy atom. The summed E-state index contributed by atoms with van der Waals surface area (Å²) >= 11 is 6.15. The van der Waals surface area contributed by atoms with Gasteiger partial charge in [0.05, 0.1) is 22.5 Å². The lowest BCUT2D eigenvalue weighted by Crippen LogP contribution is -2.32. The Labute approximate surface area is 157 Å². The van der Waals surface area contributed by atoms with Gasteiger partial charge >= 0.3 is 5.97 Å². The lowest BCUT2D eigenvalue weighted by molar-refractivity contribution is -0.140. The molecule has 7 heteroatoms. The maximum atomic E-state index is 12.5. The molecule has 0 radical (unpaired) electrons. The number of hydrogen-bond donors (Lipinski definition) is 3. The van der Waals surface area contributed by atoms with Crippen LogP contribution in [0.3, 0.4) is 0 Å². The predicted molar refractivity (Wildman–Crippen MR) is 98.2 cm³/mol. The maximum Gasteiger partial charge on any atom is 0.307 e. The molecule has 6 nitrogen and oxygen atoms in total. The summed E-state index contributed by atoms with van der Waals surface area (Å²) in [5.74, 6) is -2.90. The second kappa shape index (κ2) is 6.91. The van der Waals surface area contributed by atoms with Crippen LogP contribution in [0.5, 0.6) is 0 Å². The SMILES string of the molecule is CC1(C)[C@H](C(=O)O)[C@H]1C(=O)Nc1cc(C(=O)NC2CCCC2)ccc1Cl. The van der Waals surface area contributed by atoms with Crippen LogP contribution in [-0.2, 0) is 9.59 Å². The van der Waals surface area contributed by atoms with Crippen molar-refractivity contribution in [3.8, 4) is 0 Å². The third-order valence-corrected chi connectivity index (χ3v) is 5.88. The molecule has 2 fully saturated rings. The van der Waals surface area contributed by atoms with Gasteiger partial charge < -0.3 is 15.7 Å². The highest BCUT2D eigenvalue weighted by atomic mass is 35.5. The van der Waals surface area contributed by atoms with Crippen molar-refractivity contribution in [2.45, 2.75) is 45.6 Å². The smallest absolute Gasteiger partial charge is 0.307 e. The molecule has 3 N–H and O–H groups in total. The number of rotatable bonds is 5. The minimum atomic E-state index is -0.981. The summed E-state index contributed by atoms with van der Waals surface area (Å²) in [7, 11) is 0. The molecule has 26 heavy (non-hydrogen) atoms. The number of carboxylic acid groups (broad SMARTS) is 1. The summed E-state index contributed by atoms with van der Waals surface area (Å²) < 4.78 is 0. The molecular weight excluding hydrogens is 356 g/mol. The maximum absolute atomic E-state index is 12.5. The molecule has 0 spiro atoms. The Kier molecular flexibility index (Phi) is 4.97. The molecule has 140 valence electrons. The molecule has 0 heterocycles. The average Bonchev–Trinajstić information content (AvgIpc) is 2.90. The van der Waals surface area contributed by atoms with Crippen LogP contribution >= 0.6 is 11.6 Å². The van der Waals surface area contributed by atoms with Gasteiger partial charge in [0.25, 0.3) is 5.91 Å². The van der Waals surface area contributed by atoms with E-state index in [4.69, 9.17) is 11.6 Å². The molecule has 0 aliphatic heterocycles. The molecule has 2 saturated carbocycles. The van der Waals surface area contributed by atoms with Gasteiger partial charge in [-0.05, 0) is 36.5 Å². The molecule has 0 unspecified atom stereocenters. The van der Waals surface area contributed by atoms with E-state index in [1.165, 1.54) is 6.07 Å². The number of benzene rings is 1. The summed E-state index contributed by atoms with van der Waals surface area (Å²) in [6.07, 6.45) is 4.20. The van der Waals surface area contributed by atoms with Gasteiger partial charge in [-0.1, -0.05) is 38.3 Å². The number of halogens is 1. The van der Waals surface area contributed by atoms with Crippen LogP contribution < -0.4 is 10.6 Å². The third-order valence-electron chi connectivity index (χ3n) is 5.55. The third kappa shape index (κ3) is 3.56. The number of nitrogens with one attached hydrogen (secondary N) is 2. The van der Waals surface area contributed by atoms with Crippen molar-refractivity contribution < 1.29 is 19.5 Å². The Hall–Kier alpha value is -2.08. The van der Waals surface area contributed by atoms with Crippen LogP contribution in [-0.4, -0.2) is 28.9 Å². The second-order valence-corrected chi connectivity index (χ2v) is 8.16. The molecule has 2 amide bonds. The number of anilines is 1. The fraction of sp³-hybridized carbons (Fsp3) is 0.526. The van der Waals surface area contributed by atoms with Crippen molar-refractivity contribution in [3.63, 3.8) is 0 Å². The molecule has 2 aliphatic carbocycles. The first-order chi connectivity index (χ1) is 12.2. The highest BCUT2D eigenvalue weighted by Crippen LogP contribution is 2.58. The van der Waals surface area contributed by atoms with Crippen molar-refractivity contribution in [1.82, 2.24) is 5.32 Å². The van der Waals surface area contributed by atoms with E-state index in [1.54, 1.807) is 26.0 Å². The van der Waals surface area contributed by atoms with Gasteiger partial charge in [0.1, 0.15) is 0 Å². The number of carbonyl (C=O) groups is 3. The number of hydrogen-bond acceptors (Lipinski definition) is 3. The fourth-order valence-electron chi connectivity index (χ4n) is 3.90. The number of aliphatic carboxylic acids is 1. The van der Waals surface area contributed by atoms with Crippen molar-refractivity contribution >= 4 is 35.1 Å². The van der Waals surface area contributed by atoms with Crippen molar-refractivity contribution in [2.75, 3.05) is 5.32 Å². The highest BCUT2D eigenvalue weighted by Gasteiger charge is 2.65. The molecule has 3 rings (SSSR count). The summed E-state index contributed by atoms with van der Waals surface area (Å²) in [5, 5.41) is 15.2. The zero-order valence-electron chi connectivity index (χ0n) is 14.8. The van der Waals surface area contributed by atoms with Gasteiger partial charge in [-0.25, -0.2) is 0 Å². The Bertz CT molecular complexity index is 756. The van der Waals surface area contributed by atoms with Gasteiger partial charge in [-0.2, -0.15) is 0 Å². The minimum Gasteiger partial charge on any atom is -0.481 e. The summed E-state index contributed by atoms with van der Waals surface area (Å²) in [6.45, 7) is 3.51. The molecule has 2 atom stereocenters. The van der Waals surface area contributed by atoms with E-state index in [0.29, 0.717) is 16.3 Å². The summed E-state index contributed by atoms with van der Waals surface area (Å²) in [5.41, 5.74) is 0.142. The quantitative estimate of drug-likeness (QED) is 0.732.